The zero-order chi connectivity index (χ0) is 19.5. The molecule has 0 amide bonds. The number of carbonyl (C=O) groups excluding carboxylic acids is 1. The maximum atomic E-state index is 12.6. The molecule has 28 heavy (non-hydrogen) atoms. The Morgan fingerprint density at radius 2 is 1.79 bits per heavy atom. The summed E-state index contributed by atoms with van der Waals surface area (Å²) in [7, 11) is 0. The van der Waals surface area contributed by atoms with Gasteiger partial charge in [-0.15, -0.1) is 0 Å². The number of nitrogens with one attached hydrogen (secondary N) is 1. The molecule has 4 aromatic rings. The van der Waals surface area contributed by atoms with Gasteiger partial charge in [0.15, 0.2) is 5.78 Å². The summed E-state index contributed by atoms with van der Waals surface area (Å²) in [5.41, 5.74) is 4.93. The zero-order valence-corrected chi connectivity index (χ0v) is 18.3. The molecular weight excluding hydrogens is 480 g/mol. The summed E-state index contributed by atoms with van der Waals surface area (Å²) < 4.78 is 1.92. The van der Waals surface area contributed by atoms with Gasteiger partial charge in [0, 0.05) is 38.2 Å². The lowest BCUT2D eigenvalue weighted by Crippen LogP contribution is -2.04. The molecule has 0 atom stereocenters. The van der Waals surface area contributed by atoms with E-state index >= 15 is 0 Å². The molecule has 0 saturated heterocycles. The normalized spacial score (nSPS) is 11.1. The standard InChI is InChI=1S/C23H18Br2N2O/c24-18-5-3-4-15(11-18)8-9-19-13-17-10-16(14-26-23(17)27-19)12-22(28)20-6-1-2-7-21(20)25/h1-7,10-11,13-14H,8-9,12H2,(H,26,27). The van der Waals surface area contributed by atoms with Crippen LogP contribution in [0.4, 0.5) is 0 Å². The van der Waals surface area contributed by atoms with Crippen molar-refractivity contribution in [2.45, 2.75) is 19.3 Å². The average molecular weight is 498 g/mol. The molecule has 0 spiro atoms. The molecule has 0 aliphatic carbocycles. The summed E-state index contributed by atoms with van der Waals surface area (Å²) >= 11 is 6.97. The summed E-state index contributed by atoms with van der Waals surface area (Å²) in [5.74, 6) is 0.0824. The van der Waals surface area contributed by atoms with Gasteiger partial charge in [-0.3, -0.25) is 4.79 Å². The number of hydrogen-bond acceptors (Lipinski definition) is 2. The SMILES string of the molecule is O=C(Cc1cnc2[nH]c(CCc3cccc(Br)c3)cc2c1)c1ccccc1Br. The number of pyridine rings is 1. The number of halogens is 2. The van der Waals surface area contributed by atoms with Crippen molar-refractivity contribution in [2.24, 2.45) is 0 Å². The summed E-state index contributed by atoms with van der Waals surface area (Å²) in [6, 6.07) is 20.1. The van der Waals surface area contributed by atoms with Crippen LogP contribution in [0.3, 0.4) is 0 Å². The van der Waals surface area contributed by atoms with Gasteiger partial charge in [0.05, 0.1) is 0 Å². The lowest BCUT2D eigenvalue weighted by Gasteiger charge is -2.03. The quantitative estimate of drug-likeness (QED) is 0.318. The van der Waals surface area contributed by atoms with E-state index in [2.05, 4.69) is 72.2 Å². The molecule has 0 radical (unpaired) electrons. The molecule has 2 aromatic carbocycles. The van der Waals surface area contributed by atoms with Crippen LogP contribution < -0.4 is 0 Å². The second-order valence-electron chi connectivity index (χ2n) is 6.79. The first-order chi connectivity index (χ1) is 13.6. The van der Waals surface area contributed by atoms with E-state index in [0.29, 0.717) is 12.0 Å². The zero-order valence-electron chi connectivity index (χ0n) is 15.1. The molecule has 0 aliphatic rings. The second-order valence-corrected chi connectivity index (χ2v) is 8.56. The first kappa shape index (κ1) is 19.1. The van der Waals surface area contributed by atoms with Crippen molar-refractivity contribution in [3.05, 3.63) is 98.2 Å². The molecule has 4 rings (SSSR count). The number of aryl methyl sites for hydroxylation is 2. The third kappa shape index (κ3) is 4.42. The highest BCUT2D eigenvalue weighted by Crippen LogP contribution is 2.21. The fourth-order valence-electron chi connectivity index (χ4n) is 3.29. The molecular formula is C23H18Br2N2O. The molecule has 1 N–H and O–H groups in total. The van der Waals surface area contributed by atoms with Gasteiger partial charge in [-0.2, -0.15) is 0 Å². The average Bonchev–Trinajstić information content (AvgIpc) is 3.09. The number of rotatable bonds is 6. The first-order valence-electron chi connectivity index (χ1n) is 9.07. The van der Waals surface area contributed by atoms with E-state index in [1.807, 2.05) is 30.3 Å². The van der Waals surface area contributed by atoms with Gasteiger partial charge in [-0.1, -0.05) is 62.2 Å². The maximum Gasteiger partial charge on any atom is 0.168 e. The van der Waals surface area contributed by atoms with Crippen LogP contribution in [0.15, 0.2) is 75.8 Å². The predicted molar refractivity (Wildman–Crippen MR) is 120 cm³/mol. The molecule has 0 aliphatic heterocycles. The van der Waals surface area contributed by atoms with E-state index in [0.717, 1.165) is 44.1 Å². The van der Waals surface area contributed by atoms with Crippen molar-refractivity contribution in [2.75, 3.05) is 0 Å². The van der Waals surface area contributed by atoms with Crippen LogP contribution in [0.5, 0.6) is 0 Å². The number of hydrogen-bond donors (Lipinski definition) is 1. The van der Waals surface area contributed by atoms with Gasteiger partial charge >= 0.3 is 0 Å². The van der Waals surface area contributed by atoms with E-state index in [-0.39, 0.29) is 5.78 Å². The van der Waals surface area contributed by atoms with Crippen molar-refractivity contribution in [1.29, 1.82) is 0 Å². The van der Waals surface area contributed by atoms with Crippen molar-refractivity contribution >= 4 is 48.7 Å². The Morgan fingerprint density at radius 1 is 0.929 bits per heavy atom. The number of benzene rings is 2. The van der Waals surface area contributed by atoms with Crippen molar-refractivity contribution in [1.82, 2.24) is 9.97 Å². The Hall–Kier alpha value is -2.24. The Morgan fingerprint density at radius 3 is 2.61 bits per heavy atom. The third-order valence-corrected chi connectivity index (χ3v) is 5.88. The van der Waals surface area contributed by atoms with Crippen molar-refractivity contribution < 1.29 is 4.79 Å². The van der Waals surface area contributed by atoms with Crippen LogP contribution in [0, 0.1) is 0 Å². The number of carbonyl (C=O) groups is 1. The van der Waals surface area contributed by atoms with Gasteiger partial charge in [-0.05, 0) is 54.3 Å². The Bertz CT molecular complexity index is 1150. The van der Waals surface area contributed by atoms with Gasteiger partial charge in [0.1, 0.15) is 5.65 Å². The van der Waals surface area contributed by atoms with Crippen LogP contribution in [0.2, 0.25) is 0 Å². The van der Waals surface area contributed by atoms with Gasteiger partial charge < -0.3 is 4.98 Å². The van der Waals surface area contributed by atoms with E-state index in [1.54, 1.807) is 6.20 Å². The van der Waals surface area contributed by atoms with Crippen molar-refractivity contribution in [3.8, 4) is 0 Å². The van der Waals surface area contributed by atoms with Crippen LogP contribution in [-0.4, -0.2) is 15.8 Å². The van der Waals surface area contributed by atoms with E-state index < -0.39 is 0 Å². The van der Waals surface area contributed by atoms with Crippen LogP contribution >= 0.6 is 31.9 Å². The largest absolute Gasteiger partial charge is 0.343 e. The Kier molecular flexibility index (Phi) is 5.74. The predicted octanol–water partition coefficient (Wildman–Crippen LogP) is 6.30. The second kappa shape index (κ2) is 8.41. The summed E-state index contributed by atoms with van der Waals surface area (Å²) in [6.45, 7) is 0. The van der Waals surface area contributed by atoms with Crippen LogP contribution in [0.25, 0.3) is 11.0 Å². The first-order valence-corrected chi connectivity index (χ1v) is 10.7. The summed E-state index contributed by atoms with van der Waals surface area (Å²) in [4.78, 5) is 20.5. The highest BCUT2D eigenvalue weighted by atomic mass is 79.9. The lowest BCUT2D eigenvalue weighted by atomic mass is 10.0. The van der Waals surface area contributed by atoms with E-state index in [1.165, 1.54) is 5.56 Å². The molecule has 2 heterocycles. The van der Waals surface area contributed by atoms with E-state index in [9.17, 15) is 4.79 Å². The number of fused-ring (bicyclic) bond motifs is 1. The maximum absolute atomic E-state index is 12.6. The van der Waals surface area contributed by atoms with Gasteiger partial charge in [-0.25, -0.2) is 4.98 Å². The highest BCUT2D eigenvalue weighted by molar-refractivity contribution is 9.10. The Labute approximate surface area is 180 Å². The number of aromatic nitrogens is 2. The fraction of sp³-hybridized carbons (Fsp3) is 0.130. The molecule has 2 aromatic heterocycles. The minimum atomic E-state index is 0.0824. The fourth-order valence-corrected chi connectivity index (χ4v) is 4.24. The minimum absolute atomic E-state index is 0.0824. The third-order valence-electron chi connectivity index (χ3n) is 4.69. The Balaban J connectivity index is 1.48. The minimum Gasteiger partial charge on any atom is -0.343 e. The molecule has 0 bridgehead atoms. The molecule has 0 saturated carbocycles. The molecule has 0 fully saturated rings. The number of H-pyrrole nitrogens is 1. The van der Waals surface area contributed by atoms with Crippen molar-refractivity contribution in [3.63, 3.8) is 0 Å². The lowest BCUT2D eigenvalue weighted by molar-refractivity contribution is 0.0992. The topological polar surface area (TPSA) is 45.8 Å². The molecule has 3 nitrogen and oxygen atoms in total. The number of Topliss-reactive ketones (excluding diaryl/α,β-unsaturated/α-hetero) is 1. The molecule has 140 valence electrons. The number of ketones is 1. The summed E-state index contributed by atoms with van der Waals surface area (Å²) in [6.07, 6.45) is 3.99. The van der Waals surface area contributed by atoms with E-state index in [4.69, 9.17) is 0 Å². The highest BCUT2D eigenvalue weighted by Gasteiger charge is 2.12. The number of nitrogens with zero attached hydrogens (tertiary/aromatic N) is 1. The van der Waals surface area contributed by atoms with Gasteiger partial charge in [0.25, 0.3) is 0 Å². The van der Waals surface area contributed by atoms with Crippen LogP contribution in [-0.2, 0) is 19.3 Å². The summed E-state index contributed by atoms with van der Waals surface area (Å²) in [5, 5.41) is 1.04. The number of aromatic amines is 1. The van der Waals surface area contributed by atoms with Crippen LogP contribution in [0.1, 0.15) is 27.2 Å². The smallest absolute Gasteiger partial charge is 0.168 e. The molecule has 5 heteroatoms. The monoisotopic (exact) mass is 496 g/mol. The molecule has 0 unspecified atom stereocenters. The van der Waals surface area contributed by atoms with Gasteiger partial charge in [0.2, 0.25) is 0 Å².